The zero-order chi connectivity index (χ0) is 14.8. The van der Waals surface area contributed by atoms with Gasteiger partial charge in [-0.3, -0.25) is 14.3 Å². The first-order chi connectivity index (χ1) is 9.50. The Balaban J connectivity index is 2.03. The van der Waals surface area contributed by atoms with Crippen LogP contribution < -0.4 is 5.32 Å². The van der Waals surface area contributed by atoms with Crippen molar-refractivity contribution in [1.82, 2.24) is 15.1 Å². The van der Waals surface area contributed by atoms with Gasteiger partial charge in [-0.25, -0.2) is 0 Å². The van der Waals surface area contributed by atoms with E-state index in [2.05, 4.69) is 10.4 Å². The number of aromatic nitrogens is 2. The van der Waals surface area contributed by atoms with Crippen LogP contribution in [0, 0.1) is 5.41 Å². The fraction of sp³-hybridized carbons (Fsp3) is 0.643. The third-order valence-corrected chi connectivity index (χ3v) is 4.17. The first kappa shape index (κ1) is 14.7. The van der Waals surface area contributed by atoms with Gasteiger partial charge < -0.3 is 10.4 Å². The average molecular weight is 279 g/mol. The maximum absolute atomic E-state index is 12.0. The van der Waals surface area contributed by atoms with Gasteiger partial charge in [0, 0.05) is 24.2 Å². The van der Waals surface area contributed by atoms with Crippen LogP contribution in [0.3, 0.4) is 0 Å². The second-order valence-corrected chi connectivity index (χ2v) is 5.64. The molecule has 1 saturated carbocycles. The van der Waals surface area contributed by atoms with Gasteiger partial charge in [0.15, 0.2) is 0 Å². The number of carbonyl (C=O) groups is 2. The number of aliphatic hydroxyl groups excluding tert-OH is 1. The maximum Gasteiger partial charge on any atom is 0.292 e. The molecule has 20 heavy (non-hydrogen) atoms. The lowest BCUT2D eigenvalue weighted by molar-refractivity contribution is -0.118. The van der Waals surface area contributed by atoms with E-state index in [1.165, 1.54) is 6.20 Å². The van der Waals surface area contributed by atoms with Crippen molar-refractivity contribution in [2.24, 2.45) is 5.41 Å². The molecule has 2 atom stereocenters. The molecule has 1 aromatic rings. The Bertz CT molecular complexity index is 512. The van der Waals surface area contributed by atoms with Gasteiger partial charge in [-0.1, -0.05) is 13.3 Å². The molecule has 0 radical (unpaired) electrons. The normalized spacial score (nSPS) is 25.6. The number of nitrogens with one attached hydrogen (secondary N) is 1. The molecule has 1 heterocycles. The third-order valence-electron chi connectivity index (χ3n) is 4.17. The van der Waals surface area contributed by atoms with Gasteiger partial charge in [0.2, 0.25) is 0 Å². The molecule has 2 rings (SSSR count). The minimum absolute atomic E-state index is 0.0138. The van der Waals surface area contributed by atoms with Crippen molar-refractivity contribution in [3.05, 3.63) is 18.0 Å². The fourth-order valence-corrected chi connectivity index (χ4v) is 2.68. The Morgan fingerprint density at radius 2 is 2.35 bits per heavy atom. The van der Waals surface area contributed by atoms with Crippen LogP contribution in [0.4, 0.5) is 0 Å². The number of amides is 1. The molecule has 1 aliphatic carbocycles. The van der Waals surface area contributed by atoms with Gasteiger partial charge in [0.25, 0.3) is 11.7 Å². The maximum atomic E-state index is 12.0. The summed E-state index contributed by atoms with van der Waals surface area (Å²) in [6.07, 6.45) is 5.58. The van der Waals surface area contributed by atoms with Gasteiger partial charge >= 0.3 is 0 Å². The van der Waals surface area contributed by atoms with Crippen molar-refractivity contribution < 1.29 is 14.7 Å². The van der Waals surface area contributed by atoms with E-state index in [9.17, 15) is 14.7 Å². The minimum atomic E-state index is -0.618. The minimum Gasteiger partial charge on any atom is -0.396 e. The molecule has 0 spiro atoms. The summed E-state index contributed by atoms with van der Waals surface area (Å²) in [6, 6.07) is -0.148. The van der Waals surface area contributed by atoms with Crippen LogP contribution in [-0.4, -0.2) is 39.2 Å². The average Bonchev–Trinajstić information content (AvgIpc) is 3.06. The summed E-state index contributed by atoms with van der Waals surface area (Å²) in [5.74, 6) is -1.19. The number of hydrogen-bond donors (Lipinski definition) is 2. The van der Waals surface area contributed by atoms with Crippen molar-refractivity contribution in [2.45, 2.75) is 45.7 Å². The van der Waals surface area contributed by atoms with Crippen LogP contribution in [-0.2, 0) is 11.3 Å². The molecular weight excluding hydrogens is 258 g/mol. The molecule has 6 nitrogen and oxygen atoms in total. The molecule has 0 aliphatic heterocycles. The van der Waals surface area contributed by atoms with E-state index < -0.39 is 11.7 Å². The Morgan fingerprint density at radius 3 is 2.95 bits per heavy atom. The smallest absolute Gasteiger partial charge is 0.292 e. The summed E-state index contributed by atoms with van der Waals surface area (Å²) < 4.78 is 1.61. The van der Waals surface area contributed by atoms with Crippen molar-refractivity contribution in [3.63, 3.8) is 0 Å². The number of nitrogens with zero attached hydrogens (tertiary/aromatic N) is 2. The predicted molar refractivity (Wildman–Crippen MR) is 73.2 cm³/mol. The standard InChI is InChI=1S/C14H21N3O3/c1-3-17-8-10(7-15-17)12(19)13(20)16-11-5-4-6-14(11,2)9-18/h7-8,11,18H,3-6,9H2,1-2H3,(H,16,20). The van der Waals surface area contributed by atoms with Crippen molar-refractivity contribution in [2.75, 3.05) is 6.61 Å². The zero-order valence-corrected chi connectivity index (χ0v) is 11.9. The Kier molecular flexibility index (Phi) is 4.23. The SMILES string of the molecule is CCn1cc(C(=O)C(=O)NC2CCCC2(C)CO)cn1. The molecule has 0 aromatic carbocycles. The molecule has 1 amide bonds. The van der Waals surface area contributed by atoms with Gasteiger partial charge in [0.1, 0.15) is 0 Å². The van der Waals surface area contributed by atoms with Crippen molar-refractivity contribution >= 4 is 11.7 Å². The number of Topliss-reactive ketones (excluding diaryl/α,β-unsaturated/α-hetero) is 1. The van der Waals surface area contributed by atoms with E-state index in [-0.39, 0.29) is 18.1 Å². The van der Waals surface area contributed by atoms with Crippen LogP contribution in [0.1, 0.15) is 43.5 Å². The summed E-state index contributed by atoms with van der Waals surface area (Å²) in [6.45, 7) is 4.51. The predicted octanol–water partition coefficient (Wildman–Crippen LogP) is 0.753. The van der Waals surface area contributed by atoms with E-state index >= 15 is 0 Å². The highest BCUT2D eigenvalue weighted by Gasteiger charge is 2.39. The Hall–Kier alpha value is -1.69. The van der Waals surface area contributed by atoms with Gasteiger partial charge in [-0.05, 0) is 19.8 Å². The Labute approximate surface area is 118 Å². The van der Waals surface area contributed by atoms with E-state index in [4.69, 9.17) is 0 Å². The van der Waals surface area contributed by atoms with E-state index in [0.29, 0.717) is 12.1 Å². The largest absolute Gasteiger partial charge is 0.396 e. The molecule has 2 unspecified atom stereocenters. The van der Waals surface area contributed by atoms with Gasteiger partial charge in [0.05, 0.1) is 18.4 Å². The van der Waals surface area contributed by atoms with E-state index in [1.807, 2.05) is 13.8 Å². The summed E-state index contributed by atoms with van der Waals surface area (Å²) in [7, 11) is 0. The highest BCUT2D eigenvalue weighted by Crippen LogP contribution is 2.37. The lowest BCUT2D eigenvalue weighted by Gasteiger charge is -2.29. The fourth-order valence-electron chi connectivity index (χ4n) is 2.68. The van der Waals surface area contributed by atoms with Gasteiger partial charge in [-0.2, -0.15) is 5.10 Å². The molecular formula is C14H21N3O3. The molecule has 6 heteroatoms. The number of aliphatic hydroxyl groups is 1. The molecule has 1 fully saturated rings. The van der Waals surface area contributed by atoms with Crippen LogP contribution >= 0.6 is 0 Å². The zero-order valence-electron chi connectivity index (χ0n) is 11.9. The monoisotopic (exact) mass is 279 g/mol. The van der Waals surface area contributed by atoms with Crippen molar-refractivity contribution in [1.29, 1.82) is 0 Å². The number of ketones is 1. The second kappa shape index (κ2) is 5.75. The van der Waals surface area contributed by atoms with Crippen LogP contribution in [0.5, 0.6) is 0 Å². The molecule has 0 saturated heterocycles. The van der Waals surface area contributed by atoms with Crippen LogP contribution in [0.2, 0.25) is 0 Å². The topological polar surface area (TPSA) is 84.2 Å². The first-order valence-electron chi connectivity index (χ1n) is 6.98. The molecule has 1 aromatic heterocycles. The lowest BCUT2D eigenvalue weighted by Crippen LogP contribution is -2.47. The summed E-state index contributed by atoms with van der Waals surface area (Å²) in [4.78, 5) is 24.1. The van der Waals surface area contributed by atoms with E-state index in [0.717, 1.165) is 19.3 Å². The van der Waals surface area contributed by atoms with E-state index in [1.54, 1.807) is 10.9 Å². The van der Waals surface area contributed by atoms with Crippen molar-refractivity contribution in [3.8, 4) is 0 Å². The summed E-state index contributed by atoms with van der Waals surface area (Å²) in [5, 5.41) is 16.2. The highest BCUT2D eigenvalue weighted by molar-refractivity contribution is 6.42. The lowest BCUT2D eigenvalue weighted by atomic mass is 9.85. The highest BCUT2D eigenvalue weighted by atomic mass is 16.3. The number of aryl methyl sites for hydroxylation is 1. The van der Waals surface area contributed by atoms with Crippen LogP contribution in [0.15, 0.2) is 12.4 Å². The third kappa shape index (κ3) is 2.75. The van der Waals surface area contributed by atoms with Gasteiger partial charge in [-0.15, -0.1) is 0 Å². The second-order valence-electron chi connectivity index (χ2n) is 5.64. The number of carbonyl (C=O) groups excluding carboxylic acids is 2. The molecule has 2 N–H and O–H groups in total. The Morgan fingerprint density at radius 1 is 1.60 bits per heavy atom. The quantitative estimate of drug-likeness (QED) is 0.615. The van der Waals surface area contributed by atoms with Crippen LogP contribution in [0.25, 0.3) is 0 Å². The molecule has 110 valence electrons. The number of hydrogen-bond acceptors (Lipinski definition) is 4. The first-order valence-corrected chi connectivity index (χ1v) is 6.98. The summed E-state index contributed by atoms with van der Waals surface area (Å²) in [5.41, 5.74) is -0.0307. The summed E-state index contributed by atoms with van der Waals surface area (Å²) >= 11 is 0. The number of rotatable bonds is 5. The molecule has 1 aliphatic rings. The molecule has 0 bridgehead atoms.